The molecule has 2 aromatic heterocycles. The third-order valence-corrected chi connectivity index (χ3v) is 5.57. The van der Waals surface area contributed by atoms with Crippen molar-refractivity contribution in [2.45, 2.75) is 12.7 Å². The highest BCUT2D eigenvalue weighted by Gasteiger charge is 2.31. The van der Waals surface area contributed by atoms with Gasteiger partial charge in [0.15, 0.2) is 0 Å². The van der Waals surface area contributed by atoms with Gasteiger partial charge >= 0.3 is 11.9 Å². The van der Waals surface area contributed by atoms with Crippen LogP contribution < -0.4 is 11.2 Å². The van der Waals surface area contributed by atoms with Gasteiger partial charge in [-0.25, -0.2) is 9.36 Å². The van der Waals surface area contributed by atoms with E-state index < -0.39 is 27.9 Å². The molecule has 0 unspecified atom stereocenters. The molecule has 2 aromatic carbocycles. The number of hydrogen-bond donors (Lipinski definition) is 0. The SMILES string of the molecule is O=c1c2sccc2n(Cc2ccc([N+](=O)[O-])cc2)c(=O)n1-c1cccc(C(F)(F)F)c1. The largest absolute Gasteiger partial charge is 0.416 e. The van der Waals surface area contributed by atoms with Gasteiger partial charge in [0.2, 0.25) is 0 Å². The van der Waals surface area contributed by atoms with Crippen molar-refractivity contribution >= 4 is 27.2 Å². The minimum absolute atomic E-state index is 0.0245. The lowest BCUT2D eigenvalue weighted by Gasteiger charge is -2.14. The summed E-state index contributed by atoms with van der Waals surface area (Å²) in [5.41, 5.74) is -1.94. The summed E-state index contributed by atoms with van der Waals surface area (Å²) >= 11 is 1.07. The van der Waals surface area contributed by atoms with Gasteiger partial charge in [0, 0.05) is 12.1 Å². The summed E-state index contributed by atoms with van der Waals surface area (Å²) in [5, 5.41) is 12.4. The van der Waals surface area contributed by atoms with Crippen LogP contribution in [0, 0.1) is 10.1 Å². The standard InChI is InChI=1S/C20H12F3N3O4S/c21-20(22,23)13-2-1-3-15(10-13)25-18(27)17-16(8-9-31-17)24(19(25)28)11-12-4-6-14(7-5-12)26(29)30/h1-10H,11H2. The maximum absolute atomic E-state index is 13.2. The number of alkyl halides is 3. The van der Waals surface area contributed by atoms with E-state index in [2.05, 4.69) is 0 Å². The molecule has 0 fully saturated rings. The summed E-state index contributed by atoms with van der Waals surface area (Å²) in [6, 6.07) is 11.1. The molecule has 2 heterocycles. The molecule has 0 atom stereocenters. The van der Waals surface area contributed by atoms with Crippen LogP contribution in [0.1, 0.15) is 11.1 Å². The van der Waals surface area contributed by atoms with Gasteiger partial charge in [0.1, 0.15) is 4.70 Å². The monoisotopic (exact) mass is 447 g/mol. The minimum atomic E-state index is -4.63. The minimum Gasteiger partial charge on any atom is -0.288 e. The van der Waals surface area contributed by atoms with Gasteiger partial charge in [-0.15, -0.1) is 11.3 Å². The number of benzene rings is 2. The Morgan fingerprint density at radius 3 is 2.39 bits per heavy atom. The van der Waals surface area contributed by atoms with E-state index in [1.165, 1.54) is 34.9 Å². The van der Waals surface area contributed by atoms with Crippen molar-refractivity contribution in [2.24, 2.45) is 0 Å². The van der Waals surface area contributed by atoms with Crippen molar-refractivity contribution in [2.75, 3.05) is 0 Å². The average Bonchev–Trinajstić information content (AvgIpc) is 3.21. The summed E-state index contributed by atoms with van der Waals surface area (Å²) in [4.78, 5) is 36.4. The van der Waals surface area contributed by atoms with E-state index in [1.54, 1.807) is 11.4 Å². The van der Waals surface area contributed by atoms with Gasteiger partial charge in [-0.3, -0.25) is 19.5 Å². The number of halogens is 3. The smallest absolute Gasteiger partial charge is 0.288 e. The maximum Gasteiger partial charge on any atom is 0.416 e. The van der Waals surface area contributed by atoms with E-state index in [0.29, 0.717) is 15.6 Å². The first-order valence-corrected chi connectivity index (χ1v) is 9.69. The number of nitro groups is 1. The first-order valence-electron chi connectivity index (χ1n) is 8.81. The molecule has 0 N–H and O–H groups in total. The lowest BCUT2D eigenvalue weighted by Crippen LogP contribution is -2.38. The van der Waals surface area contributed by atoms with Crippen LogP contribution in [0.2, 0.25) is 0 Å². The number of hydrogen-bond acceptors (Lipinski definition) is 5. The van der Waals surface area contributed by atoms with Gasteiger partial charge in [0.05, 0.1) is 28.2 Å². The number of aromatic nitrogens is 2. The van der Waals surface area contributed by atoms with Crippen molar-refractivity contribution in [1.82, 2.24) is 9.13 Å². The zero-order valence-electron chi connectivity index (χ0n) is 15.5. The second kappa shape index (κ2) is 7.51. The second-order valence-corrected chi connectivity index (χ2v) is 7.53. The number of non-ortho nitro benzene ring substituents is 1. The van der Waals surface area contributed by atoms with Crippen LogP contribution in [0.3, 0.4) is 0 Å². The number of nitro benzene ring substituents is 1. The molecule has 0 aliphatic heterocycles. The van der Waals surface area contributed by atoms with Crippen molar-refractivity contribution in [1.29, 1.82) is 0 Å². The lowest BCUT2D eigenvalue weighted by atomic mass is 10.2. The van der Waals surface area contributed by atoms with Crippen LogP contribution in [0.15, 0.2) is 69.6 Å². The van der Waals surface area contributed by atoms with Gasteiger partial charge in [0.25, 0.3) is 11.2 Å². The third-order valence-electron chi connectivity index (χ3n) is 4.67. The Morgan fingerprint density at radius 2 is 1.74 bits per heavy atom. The highest BCUT2D eigenvalue weighted by molar-refractivity contribution is 7.17. The normalized spacial score (nSPS) is 11.7. The topological polar surface area (TPSA) is 87.1 Å². The summed E-state index contributed by atoms with van der Waals surface area (Å²) in [5.74, 6) is 0. The molecule has 11 heteroatoms. The fraction of sp³-hybridized carbons (Fsp3) is 0.100. The Hall–Kier alpha value is -3.73. The Labute approximate surface area is 175 Å². The molecule has 0 saturated heterocycles. The Balaban J connectivity index is 1.90. The summed E-state index contributed by atoms with van der Waals surface area (Å²) in [6.45, 7) is -0.0245. The van der Waals surface area contributed by atoms with Gasteiger partial charge < -0.3 is 0 Å². The zero-order valence-corrected chi connectivity index (χ0v) is 16.3. The molecule has 0 aliphatic carbocycles. The van der Waals surface area contributed by atoms with Gasteiger partial charge in [-0.1, -0.05) is 18.2 Å². The predicted molar refractivity (Wildman–Crippen MR) is 109 cm³/mol. The van der Waals surface area contributed by atoms with Crippen molar-refractivity contribution < 1.29 is 18.1 Å². The van der Waals surface area contributed by atoms with E-state index in [9.17, 15) is 32.9 Å². The number of thiophene rings is 1. The zero-order chi connectivity index (χ0) is 22.3. The van der Waals surface area contributed by atoms with Gasteiger partial charge in [-0.05, 0) is 35.2 Å². The van der Waals surface area contributed by atoms with Crippen LogP contribution in [0.5, 0.6) is 0 Å². The molecule has 4 aromatic rings. The van der Waals surface area contributed by atoms with Crippen molar-refractivity contribution in [3.63, 3.8) is 0 Å². The summed E-state index contributed by atoms with van der Waals surface area (Å²) in [6.07, 6.45) is -4.63. The quantitative estimate of drug-likeness (QED) is 0.347. The van der Waals surface area contributed by atoms with E-state index in [0.717, 1.165) is 29.5 Å². The van der Waals surface area contributed by atoms with Crippen molar-refractivity contribution in [3.05, 3.63) is 102 Å². The molecular weight excluding hydrogens is 435 g/mol. The molecule has 0 saturated carbocycles. The highest BCUT2D eigenvalue weighted by atomic mass is 32.1. The molecule has 7 nitrogen and oxygen atoms in total. The van der Waals surface area contributed by atoms with Crippen LogP contribution in [0.25, 0.3) is 15.9 Å². The number of nitrogens with zero attached hydrogens (tertiary/aromatic N) is 3. The fourth-order valence-corrected chi connectivity index (χ4v) is 4.02. The molecule has 158 valence electrons. The molecule has 31 heavy (non-hydrogen) atoms. The molecule has 0 amide bonds. The van der Waals surface area contributed by atoms with E-state index in [1.807, 2.05) is 0 Å². The average molecular weight is 447 g/mol. The van der Waals surface area contributed by atoms with Crippen molar-refractivity contribution in [3.8, 4) is 5.69 Å². The number of rotatable bonds is 4. The Kier molecular flexibility index (Phi) is 4.97. The molecule has 0 radical (unpaired) electrons. The fourth-order valence-electron chi connectivity index (χ4n) is 3.19. The molecule has 0 aliphatic rings. The molecule has 0 bridgehead atoms. The van der Waals surface area contributed by atoms with Crippen LogP contribution in [-0.2, 0) is 12.7 Å². The first kappa shape index (κ1) is 20.5. The second-order valence-electron chi connectivity index (χ2n) is 6.62. The predicted octanol–water partition coefficient (Wildman–Crippen LogP) is 4.19. The van der Waals surface area contributed by atoms with Crippen LogP contribution >= 0.6 is 11.3 Å². The Morgan fingerprint density at radius 1 is 1.03 bits per heavy atom. The molecule has 0 spiro atoms. The van der Waals surface area contributed by atoms with Crippen LogP contribution in [-0.4, -0.2) is 14.1 Å². The summed E-state index contributed by atoms with van der Waals surface area (Å²) < 4.78 is 41.6. The number of fused-ring (bicyclic) bond motifs is 1. The first-order chi connectivity index (χ1) is 14.7. The van der Waals surface area contributed by atoms with E-state index >= 15 is 0 Å². The molecular formula is C20H12F3N3O4S. The summed E-state index contributed by atoms with van der Waals surface area (Å²) in [7, 11) is 0. The van der Waals surface area contributed by atoms with E-state index in [4.69, 9.17) is 0 Å². The maximum atomic E-state index is 13.2. The van der Waals surface area contributed by atoms with E-state index in [-0.39, 0.29) is 22.6 Å². The molecule has 4 rings (SSSR count). The van der Waals surface area contributed by atoms with Gasteiger partial charge in [-0.2, -0.15) is 13.2 Å². The van der Waals surface area contributed by atoms with Crippen LogP contribution in [0.4, 0.5) is 18.9 Å². The Bertz CT molecular complexity index is 1420. The highest BCUT2D eigenvalue weighted by Crippen LogP contribution is 2.30. The third kappa shape index (κ3) is 3.75. The lowest BCUT2D eigenvalue weighted by molar-refractivity contribution is -0.384.